The Bertz CT molecular complexity index is 509. The molecule has 1 unspecified atom stereocenters. The van der Waals surface area contributed by atoms with Crippen LogP contribution in [0.15, 0.2) is 48.1 Å². The first-order chi connectivity index (χ1) is 9.71. The van der Waals surface area contributed by atoms with Gasteiger partial charge in [0.15, 0.2) is 0 Å². The van der Waals surface area contributed by atoms with Gasteiger partial charge < -0.3 is 0 Å². The molecule has 0 spiro atoms. The fraction of sp³-hybridized carbons (Fsp3) is 0.500. The number of hydrogen-bond donors (Lipinski definition) is 0. The van der Waals surface area contributed by atoms with Crippen molar-refractivity contribution >= 4 is 0 Å². The molecular formula is C20H26. The van der Waals surface area contributed by atoms with E-state index in [-0.39, 0.29) is 0 Å². The maximum atomic E-state index is 2.49. The Morgan fingerprint density at radius 1 is 0.950 bits per heavy atom. The van der Waals surface area contributed by atoms with Crippen LogP contribution in [0, 0.1) is 12.8 Å². The van der Waals surface area contributed by atoms with Crippen LogP contribution in [0.5, 0.6) is 0 Å². The first-order valence-electron chi connectivity index (χ1n) is 8.13. The van der Waals surface area contributed by atoms with Gasteiger partial charge in [0, 0.05) is 5.41 Å². The van der Waals surface area contributed by atoms with Crippen LogP contribution in [-0.4, -0.2) is 0 Å². The van der Waals surface area contributed by atoms with Crippen LogP contribution in [0.4, 0.5) is 0 Å². The van der Waals surface area contributed by atoms with Crippen LogP contribution in [0.2, 0.25) is 0 Å². The lowest BCUT2D eigenvalue weighted by atomic mass is 9.60. The van der Waals surface area contributed by atoms with Gasteiger partial charge in [0.05, 0.1) is 0 Å². The average Bonchev–Trinajstić information content (AvgIpc) is 2.49. The van der Waals surface area contributed by atoms with Gasteiger partial charge in [0.2, 0.25) is 0 Å². The molecule has 1 aromatic carbocycles. The van der Waals surface area contributed by atoms with Gasteiger partial charge in [-0.05, 0) is 44.6 Å². The van der Waals surface area contributed by atoms with Crippen molar-refractivity contribution in [3.63, 3.8) is 0 Å². The molecule has 20 heavy (non-hydrogen) atoms. The molecule has 0 saturated heterocycles. The Hall–Kier alpha value is -1.30. The molecule has 106 valence electrons. The molecule has 0 bridgehead atoms. The summed E-state index contributed by atoms with van der Waals surface area (Å²) in [5, 5.41) is 0. The Balaban J connectivity index is 1.96. The van der Waals surface area contributed by atoms with Gasteiger partial charge in [-0.2, -0.15) is 0 Å². The van der Waals surface area contributed by atoms with Crippen LogP contribution < -0.4 is 0 Å². The van der Waals surface area contributed by atoms with E-state index >= 15 is 0 Å². The Labute approximate surface area is 123 Å². The van der Waals surface area contributed by atoms with E-state index in [0.717, 1.165) is 0 Å². The zero-order valence-electron chi connectivity index (χ0n) is 12.9. The van der Waals surface area contributed by atoms with Crippen molar-refractivity contribution in [2.75, 3.05) is 0 Å². The third-order valence-electron chi connectivity index (χ3n) is 5.37. The minimum atomic E-state index is 0.389. The SMILES string of the molecule is CC1=CCC(C2(c3ccc(C)cc3)CCCCC2)C=C1. The smallest absolute Gasteiger partial charge is 0.00188 e. The summed E-state index contributed by atoms with van der Waals surface area (Å²) in [5.74, 6) is 0.689. The van der Waals surface area contributed by atoms with E-state index in [0.29, 0.717) is 11.3 Å². The van der Waals surface area contributed by atoms with Crippen molar-refractivity contribution in [3.05, 3.63) is 59.2 Å². The van der Waals surface area contributed by atoms with E-state index in [4.69, 9.17) is 0 Å². The number of hydrogen-bond acceptors (Lipinski definition) is 0. The van der Waals surface area contributed by atoms with Gasteiger partial charge in [-0.15, -0.1) is 0 Å². The second kappa shape index (κ2) is 5.60. The van der Waals surface area contributed by atoms with Crippen LogP contribution in [0.25, 0.3) is 0 Å². The quantitative estimate of drug-likeness (QED) is 0.642. The van der Waals surface area contributed by atoms with Crippen molar-refractivity contribution in [2.45, 2.75) is 57.8 Å². The lowest BCUT2D eigenvalue weighted by Crippen LogP contribution is -2.37. The highest BCUT2D eigenvalue weighted by molar-refractivity contribution is 5.34. The molecular weight excluding hydrogens is 240 g/mol. The van der Waals surface area contributed by atoms with Gasteiger partial charge in [-0.25, -0.2) is 0 Å². The summed E-state index contributed by atoms with van der Waals surface area (Å²) in [6, 6.07) is 9.36. The summed E-state index contributed by atoms with van der Waals surface area (Å²) in [6.45, 7) is 4.40. The fourth-order valence-electron chi connectivity index (χ4n) is 4.08. The van der Waals surface area contributed by atoms with Crippen molar-refractivity contribution in [1.82, 2.24) is 0 Å². The highest BCUT2D eigenvalue weighted by atomic mass is 14.4. The topological polar surface area (TPSA) is 0 Å². The zero-order chi connectivity index (χ0) is 14.0. The lowest BCUT2D eigenvalue weighted by molar-refractivity contribution is 0.222. The third-order valence-corrected chi connectivity index (χ3v) is 5.37. The normalized spacial score (nSPS) is 25.3. The molecule has 1 aromatic rings. The second-order valence-electron chi connectivity index (χ2n) is 6.73. The standard InChI is InChI=1S/C20H26/c1-16-6-10-18(11-7-16)20(14-4-3-5-15-20)19-12-8-17(2)9-13-19/h6-12,19H,3-5,13-15H2,1-2H3. The van der Waals surface area contributed by atoms with Crippen LogP contribution in [0.1, 0.15) is 56.6 Å². The maximum Gasteiger partial charge on any atom is 0.00188 e. The first-order valence-corrected chi connectivity index (χ1v) is 8.13. The van der Waals surface area contributed by atoms with E-state index in [1.54, 1.807) is 5.56 Å². The van der Waals surface area contributed by atoms with Gasteiger partial charge >= 0.3 is 0 Å². The average molecular weight is 266 g/mol. The number of rotatable bonds is 2. The summed E-state index contributed by atoms with van der Waals surface area (Å²) < 4.78 is 0. The van der Waals surface area contributed by atoms with Gasteiger partial charge in [0.25, 0.3) is 0 Å². The summed E-state index contributed by atoms with van der Waals surface area (Å²) in [4.78, 5) is 0. The first kappa shape index (κ1) is 13.7. The monoisotopic (exact) mass is 266 g/mol. The van der Waals surface area contributed by atoms with Gasteiger partial charge in [0.1, 0.15) is 0 Å². The van der Waals surface area contributed by atoms with E-state index in [1.807, 2.05) is 0 Å². The minimum Gasteiger partial charge on any atom is -0.0810 e. The van der Waals surface area contributed by atoms with Crippen molar-refractivity contribution in [3.8, 4) is 0 Å². The van der Waals surface area contributed by atoms with E-state index in [9.17, 15) is 0 Å². The predicted molar refractivity (Wildman–Crippen MR) is 86.9 cm³/mol. The van der Waals surface area contributed by atoms with Crippen molar-refractivity contribution < 1.29 is 0 Å². The van der Waals surface area contributed by atoms with Crippen LogP contribution in [0.3, 0.4) is 0 Å². The molecule has 0 N–H and O–H groups in total. The third kappa shape index (κ3) is 2.49. The Kier molecular flexibility index (Phi) is 3.83. The molecule has 0 radical (unpaired) electrons. The molecule has 0 heterocycles. The zero-order valence-corrected chi connectivity index (χ0v) is 12.9. The van der Waals surface area contributed by atoms with Crippen LogP contribution >= 0.6 is 0 Å². The lowest BCUT2D eigenvalue weighted by Gasteiger charge is -2.44. The van der Waals surface area contributed by atoms with E-state index < -0.39 is 0 Å². The summed E-state index contributed by atoms with van der Waals surface area (Å²) >= 11 is 0. The molecule has 1 atom stereocenters. The molecule has 2 aliphatic rings. The van der Waals surface area contributed by atoms with Crippen molar-refractivity contribution in [2.24, 2.45) is 5.92 Å². The summed E-state index contributed by atoms with van der Waals surface area (Å²) in [6.07, 6.45) is 15.4. The van der Waals surface area contributed by atoms with Gasteiger partial charge in [-0.1, -0.05) is 72.9 Å². The van der Waals surface area contributed by atoms with E-state index in [1.165, 1.54) is 49.7 Å². The predicted octanol–water partition coefficient (Wildman–Crippen LogP) is 5.72. The highest BCUT2D eigenvalue weighted by Gasteiger charge is 2.39. The fourth-order valence-corrected chi connectivity index (χ4v) is 4.08. The minimum absolute atomic E-state index is 0.389. The maximum absolute atomic E-state index is 2.49. The van der Waals surface area contributed by atoms with Gasteiger partial charge in [-0.3, -0.25) is 0 Å². The Morgan fingerprint density at radius 3 is 2.25 bits per heavy atom. The summed E-state index contributed by atoms with van der Waals surface area (Å²) in [5.41, 5.74) is 4.76. The molecule has 0 aromatic heterocycles. The molecule has 0 amide bonds. The molecule has 1 saturated carbocycles. The molecule has 0 heteroatoms. The second-order valence-corrected chi connectivity index (χ2v) is 6.73. The molecule has 0 aliphatic heterocycles. The molecule has 2 aliphatic carbocycles. The molecule has 3 rings (SSSR count). The van der Waals surface area contributed by atoms with Crippen molar-refractivity contribution in [1.29, 1.82) is 0 Å². The highest BCUT2D eigenvalue weighted by Crippen LogP contribution is 2.48. The Morgan fingerprint density at radius 2 is 1.65 bits per heavy atom. The van der Waals surface area contributed by atoms with E-state index in [2.05, 4.69) is 56.3 Å². The summed E-state index contributed by atoms with van der Waals surface area (Å²) in [7, 11) is 0. The number of allylic oxidation sites excluding steroid dienone is 4. The molecule has 1 fully saturated rings. The number of benzene rings is 1. The van der Waals surface area contributed by atoms with Crippen LogP contribution in [-0.2, 0) is 5.41 Å². The molecule has 0 nitrogen and oxygen atoms in total. The largest absolute Gasteiger partial charge is 0.0810 e. The number of aryl methyl sites for hydroxylation is 1.